The number of primary amides is 1. The first-order chi connectivity index (χ1) is 19.1. The number of nitrogens with zero attached hydrogens (tertiary/aromatic N) is 1. The van der Waals surface area contributed by atoms with Crippen LogP contribution in [0.5, 0.6) is 11.5 Å². The lowest BCUT2D eigenvalue weighted by molar-refractivity contribution is -0.139. The molecule has 0 aromatic heterocycles. The number of anilines is 2. The molecule has 8 N–H and O–H groups in total. The maximum absolute atomic E-state index is 13.2. The van der Waals surface area contributed by atoms with Crippen molar-refractivity contribution in [2.45, 2.75) is 19.9 Å². The summed E-state index contributed by atoms with van der Waals surface area (Å²) in [4.78, 5) is 35.9. The molecule has 3 aromatic carbocycles. The number of hydrogen-bond acceptors (Lipinski definition) is 8. The van der Waals surface area contributed by atoms with Gasteiger partial charge in [0, 0.05) is 34.1 Å². The number of benzene rings is 3. The quantitative estimate of drug-likeness (QED) is 0.0774. The van der Waals surface area contributed by atoms with Crippen LogP contribution >= 0.6 is 11.6 Å². The normalized spacial score (nSPS) is 11.0. The molecule has 3 rings (SSSR count). The highest BCUT2D eigenvalue weighted by molar-refractivity contribution is 6.31. The van der Waals surface area contributed by atoms with E-state index in [1.807, 2.05) is 0 Å². The second-order valence-corrected chi connectivity index (χ2v) is 8.84. The van der Waals surface area contributed by atoms with Crippen molar-refractivity contribution in [3.63, 3.8) is 0 Å². The van der Waals surface area contributed by atoms with Gasteiger partial charge in [-0.1, -0.05) is 16.8 Å². The van der Waals surface area contributed by atoms with Gasteiger partial charge in [-0.2, -0.15) is 0 Å². The summed E-state index contributed by atoms with van der Waals surface area (Å²) in [5, 5.41) is 27.2. The summed E-state index contributed by atoms with van der Waals surface area (Å²) in [5.74, 6) is -1.85. The van der Waals surface area contributed by atoms with E-state index in [1.54, 1.807) is 55.5 Å². The fraction of sp³-hybridized carbons (Fsp3) is 0.185. The lowest BCUT2D eigenvalue weighted by Gasteiger charge is -2.19. The molecule has 0 aliphatic carbocycles. The Morgan fingerprint density at radius 3 is 2.38 bits per heavy atom. The van der Waals surface area contributed by atoms with Crippen molar-refractivity contribution in [3.05, 3.63) is 81.9 Å². The molecule has 0 bridgehead atoms. The molecule has 0 spiro atoms. The molecule has 0 saturated heterocycles. The van der Waals surface area contributed by atoms with E-state index in [2.05, 4.69) is 15.8 Å². The molecule has 12 nitrogen and oxygen atoms in total. The molecule has 0 atom stereocenters. The Hall–Kier alpha value is -4.97. The highest BCUT2D eigenvalue weighted by Gasteiger charge is 2.18. The first-order valence-electron chi connectivity index (χ1n) is 12.0. The molecule has 0 fully saturated rings. The Morgan fingerprint density at radius 1 is 1.02 bits per heavy atom. The van der Waals surface area contributed by atoms with Crippen molar-refractivity contribution < 1.29 is 34.2 Å². The number of rotatable bonds is 13. The average molecular weight is 570 g/mol. The highest BCUT2D eigenvalue weighted by atomic mass is 35.5. The Bertz CT molecular complexity index is 1430. The van der Waals surface area contributed by atoms with Crippen molar-refractivity contribution in [1.82, 2.24) is 0 Å². The van der Waals surface area contributed by atoms with E-state index in [-0.39, 0.29) is 42.5 Å². The second-order valence-electron chi connectivity index (χ2n) is 8.40. The van der Waals surface area contributed by atoms with E-state index in [0.29, 0.717) is 33.1 Å². The number of oxime groups is 1. The van der Waals surface area contributed by atoms with Gasteiger partial charge in [0.1, 0.15) is 0 Å². The number of nitrogens with one attached hydrogen (secondary N) is 2. The molecule has 40 heavy (non-hydrogen) atoms. The molecule has 0 aliphatic heterocycles. The van der Waals surface area contributed by atoms with E-state index in [1.165, 1.54) is 6.07 Å². The number of aliphatic carboxylic acids is 1. The topological polar surface area (TPSA) is 199 Å². The summed E-state index contributed by atoms with van der Waals surface area (Å²) in [6.07, 6.45) is -0.0739. The standard InChI is InChI=1S/C27H28ClN5O7/c1-2-39-22-10-15(11-23(29)34)9-17(25(22)40-14-24(35)36)13-31-21-8-5-18(28)12-20(21)27(37)32-19-6-3-16(4-7-19)26(30)33-38/h3-10,12,31,38H,2,11,13-14H2,1H3,(H2,29,34)(H2,30,33)(H,32,37)(H,35,36). The minimum absolute atomic E-state index is 0.0675. The average Bonchev–Trinajstić information content (AvgIpc) is 2.91. The number of amidine groups is 1. The third-order valence-electron chi connectivity index (χ3n) is 5.45. The number of amides is 2. The van der Waals surface area contributed by atoms with E-state index in [9.17, 15) is 14.4 Å². The van der Waals surface area contributed by atoms with Gasteiger partial charge in [-0.15, -0.1) is 0 Å². The summed E-state index contributed by atoms with van der Waals surface area (Å²) < 4.78 is 11.2. The second kappa shape index (κ2) is 13.7. The van der Waals surface area contributed by atoms with Crippen LogP contribution in [0.2, 0.25) is 5.02 Å². The molecule has 0 heterocycles. The Balaban J connectivity index is 1.91. The first kappa shape index (κ1) is 29.6. The number of nitrogens with two attached hydrogens (primary N) is 2. The minimum Gasteiger partial charge on any atom is -0.490 e. The monoisotopic (exact) mass is 569 g/mol. The van der Waals surface area contributed by atoms with Crippen LogP contribution in [0, 0.1) is 0 Å². The van der Waals surface area contributed by atoms with E-state index >= 15 is 0 Å². The van der Waals surface area contributed by atoms with Gasteiger partial charge in [0.2, 0.25) is 5.91 Å². The largest absolute Gasteiger partial charge is 0.490 e. The number of halogens is 1. The van der Waals surface area contributed by atoms with E-state index in [0.717, 1.165) is 0 Å². The van der Waals surface area contributed by atoms with E-state index < -0.39 is 24.4 Å². The SMILES string of the molecule is CCOc1cc(CC(N)=O)cc(CNc2ccc(Cl)cc2C(=O)Nc2ccc(/C(N)=N/O)cc2)c1OCC(=O)O. The van der Waals surface area contributed by atoms with Crippen molar-refractivity contribution in [3.8, 4) is 11.5 Å². The third-order valence-corrected chi connectivity index (χ3v) is 5.69. The van der Waals surface area contributed by atoms with Crippen LogP contribution in [-0.4, -0.2) is 47.1 Å². The van der Waals surface area contributed by atoms with Crippen LogP contribution in [-0.2, 0) is 22.6 Å². The van der Waals surface area contributed by atoms with Crippen LogP contribution in [0.4, 0.5) is 11.4 Å². The number of carbonyl (C=O) groups excluding carboxylic acids is 2. The fourth-order valence-corrected chi connectivity index (χ4v) is 3.92. The van der Waals surface area contributed by atoms with Crippen LogP contribution in [0.25, 0.3) is 0 Å². The summed E-state index contributed by atoms with van der Waals surface area (Å²) in [7, 11) is 0. The maximum Gasteiger partial charge on any atom is 0.341 e. The van der Waals surface area contributed by atoms with Crippen molar-refractivity contribution in [1.29, 1.82) is 0 Å². The van der Waals surface area contributed by atoms with Crippen molar-refractivity contribution in [2.24, 2.45) is 16.6 Å². The zero-order chi connectivity index (χ0) is 29.2. The minimum atomic E-state index is -1.18. The molecule has 0 saturated carbocycles. The number of carboxylic acids is 1. The van der Waals surface area contributed by atoms with Crippen LogP contribution in [0.1, 0.15) is 34.0 Å². The van der Waals surface area contributed by atoms with E-state index in [4.69, 9.17) is 42.9 Å². The number of ether oxygens (including phenoxy) is 2. The third kappa shape index (κ3) is 8.01. The van der Waals surface area contributed by atoms with Gasteiger partial charge in [-0.25, -0.2) is 4.79 Å². The van der Waals surface area contributed by atoms with Gasteiger partial charge in [0.15, 0.2) is 23.9 Å². The van der Waals surface area contributed by atoms with Gasteiger partial charge in [0.25, 0.3) is 5.91 Å². The summed E-state index contributed by atoms with van der Waals surface area (Å²) >= 11 is 6.18. The molecule has 0 aliphatic rings. The number of hydrogen-bond donors (Lipinski definition) is 6. The lowest BCUT2D eigenvalue weighted by atomic mass is 10.0. The van der Waals surface area contributed by atoms with Crippen molar-refractivity contribution >= 4 is 46.6 Å². The highest BCUT2D eigenvalue weighted by Crippen LogP contribution is 2.35. The molecular formula is C27H28ClN5O7. The summed E-state index contributed by atoms with van der Waals surface area (Å²) in [6.45, 7) is 1.46. The van der Waals surface area contributed by atoms with Gasteiger partial charge in [-0.3, -0.25) is 9.59 Å². The van der Waals surface area contributed by atoms with Crippen molar-refractivity contribution in [2.75, 3.05) is 23.8 Å². The smallest absolute Gasteiger partial charge is 0.341 e. The number of carboxylic acid groups (broad SMARTS) is 1. The van der Waals surface area contributed by atoms with Gasteiger partial charge < -0.3 is 41.9 Å². The molecule has 2 amide bonds. The van der Waals surface area contributed by atoms with Gasteiger partial charge in [-0.05, 0) is 67.1 Å². The Kier molecular flexibility index (Phi) is 10.1. The van der Waals surface area contributed by atoms with Crippen LogP contribution < -0.4 is 31.6 Å². The summed E-state index contributed by atoms with van der Waals surface area (Å²) in [5.41, 5.74) is 13.5. The fourth-order valence-electron chi connectivity index (χ4n) is 3.75. The predicted molar refractivity (Wildman–Crippen MR) is 149 cm³/mol. The molecule has 13 heteroatoms. The Morgan fingerprint density at radius 2 is 1.75 bits per heavy atom. The zero-order valence-electron chi connectivity index (χ0n) is 21.4. The molecule has 0 radical (unpaired) electrons. The number of carbonyl (C=O) groups is 3. The lowest BCUT2D eigenvalue weighted by Crippen LogP contribution is -2.17. The zero-order valence-corrected chi connectivity index (χ0v) is 22.2. The van der Waals surface area contributed by atoms with Crippen LogP contribution in [0.15, 0.2) is 59.8 Å². The van der Waals surface area contributed by atoms with Crippen LogP contribution in [0.3, 0.4) is 0 Å². The maximum atomic E-state index is 13.2. The molecule has 0 unspecified atom stereocenters. The molecular weight excluding hydrogens is 542 g/mol. The van der Waals surface area contributed by atoms with Gasteiger partial charge >= 0.3 is 5.97 Å². The Labute approximate surface area is 234 Å². The van der Waals surface area contributed by atoms with Gasteiger partial charge in [0.05, 0.1) is 18.6 Å². The molecule has 210 valence electrons. The first-order valence-corrected chi connectivity index (χ1v) is 12.3. The molecule has 3 aromatic rings. The summed E-state index contributed by atoms with van der Waals surface area (Å²) in [6, 6.07) is 14.3. The predicted octanol–water partition coefficient (Wildman–Crippen LogP) is 3.19.